The molecule has 3 aliphatic rings. The van der Waals surface area contributed by atoms with Crippen LogP contribution in [0.15, 0.2) is 36.4 Å². The van der Waals surface area contributed by atoms with E-state index >= 15 is 0 Å². The van der Waals surface area contributed by atoms with Crippen molar-refractivity contribution in [3.8, 4) is 16.9 Å². The van der Waals surface area contributed by atoms with Crippen LogP contribution in [-0.2, 0) is 43.4 Å². The van der Waals surface area contributed by atoms with Gasteiger partial charge in [0.25, 0.3) is 0 Å². The second-order valence-electron chi connectivity index (χ2n) is 12.2. The van der Waals surface area contributed by atoms with E-state index in [2.05, 4.69) is 16.5 Å². The van der Waals surface area contributed by atoms with Crippen molar-refractivity contribution in [1.82, 2.24) is 5.32 Å². The highest BCUT2D eigenvalue weighted by molar-refractivity contribution is 8.26. The lowest BCUT2D eigenvalue weighted by molar-refractivity contribution is -0.122. The van der Waals surface area contributed by atoms with Crippen LogP contribution in [0, 0.1) is 11.7 Å². The number of Topliss-reactive ketones (excluding diaryl/α,β-unsaturated/α-hetero) is 1. The van der Waals surface area contributed by atoms with Crippen molar-refractivity contribution in [2.24, 2.45) is 11.7 Å². The van der Waals surface area contributed by atoms with Crippen molar-refractivity contribution in [1.29, 1.82) is 0 Å². The highest BCUT2D eigenvalue weighted by Gasteiger charge is 2.44. The topological polar surface area (TPSA) is 102 Å². The van der Waals surface area contributed by atoms with Crippen LogP contribution in [0.3, 0.4) is 0 Å². The fourth-order valence-corrected chi connectivity index (χ4v) is 6.01. The summed E-state index contributed by atoms with van der Waals surface area (Å²) in [5.74, 6) is 0.930. The highest BCUT2D eigenvalue weighted by atomic mass is 32.8. The minimum atomic E-state index is -0.784. The van der Waals surface area contributed by atoms with E-state index in [9.17, 15) is 14.0 Å². The Morgan fingerprint density at radius 2 is 1.81 bits per heavy atom. The largest absolute Gasteiger partial charge is 0.490 e. The van der Waals surface area contributed by atoms with Crippen molar-refractivity contribution in [2.75, 3.05) is 6.54 Å². The van der Waals surface area contributed by atoms with Crippen molar-refractivity contribution in [3.05, 3.63) is 53.3 Å². The zero-order valence-electron chi connectivity index (χ0n) is 26.1. The van der Waals surface area contributed by atoms with E-state index in [0.29, 0.717) is 35.6 Å². The number of amides is 1. The molecule has 1 heterocycles. The van der Waals surface area contributed by atoms with Crippen molar-refractivity contribution >= 4 is 32.6 Å². The fraction of sp³-hybridized carbons (Fsp3) is 0.588. The monoisotopic (exact) mass is 632 g/mol. The van der Waals surface area contributed by atoms with Gasteiger partial charge in [0.15, 0.2) is 0 Å². The van der Waals surface area contributed by atoms with Gasteiger partial charge in [-0.1, -0.05) is 45.9 Å². The quantitative estimate of drug-likeness (QED) is 0.280. The minimum absolute atomic E-state index is 0.160. The minimum Gasteiger partial charge on any atom is -0.490 e. The van der Waals surface area contributed by atoms with Gasteiger partial charge in [-0.15, -0.1) is 0 Å². The third kappa shape index (κ3) is 10.2. The first-order valence-corrected chi connectivity index (χ1v) is 17.9. The SMILES string of the molecule is CC(C)S(O)=S.CCC(=O)C1CNC2(CCC2)C1.CCc1c(F)cccc1-c1cc(CC(N)=O)ccc1OC1CCCC1. The van der Waals surface area contributed by atoms with Crippen LogP contribution in [0.1, 0.15) is 96.6 Å². The average molecular weight is 633 g/mol. The van der Waals surface area contributed by atoms with E-state index in [1.165, 1.54) is 38.2 Å². The summed E-state index contributed by atoms with van der Waals surface area (Å²) < 4.78 is 29.0. The number of rotatable bonds is 9. The normalized spacial score (nSPS) is 19.6. The predicted octanol–water partition coefficient (Wildman–Crippen LogP) is 6.85. The first-order chi connectivity index (χ1) is 20.5. The average Bonchev–Trinajstić information content (AvgIpc) is 3.64. The molecular formula is C34H49FN2O4S2. The molecular weight excluding hydrogens is 584 g/mol. The summed E-state index contributed by atoms with van der Waals surface area (Å²) in [5, 5.41) is 3.76. The van der Waals surface area contributed by atoms with Gasteiger partial charge in [0, 0.05) is 45.0 Å². The molecule has 2 aliphatic carbocycles. The van der Waals surface area contributed by atoms with Gasteiger partial charge in [-0.05, 0) is 104 Å². The second kappa shape index (κ2) is 16.8. The molecule has 1 spiro atoms. The zero-order chi connectivity index (χ0) is 31.6. The van der Waals surface area contributed by atoms with Gasteiger partial charge >= 0.3 is 0 Å². The number of benzene rings is 2. The molecule has 0 aromatic heterocycles. The fourth-order valence-electron chi connectivity index (χ4n) is 6.01. The molecule has 2 aromatic carbocycles. The first kappa shape index (κ1) is 35.3. The Morgan fingerprint density at radius 3 is 2.33 bits per heavy atom. The number of primary amides is 1. The molecule has 9 heteroatoms. The summed E-state index contributed by atoms with van der Waals surface area (Å²) in [6, 6.07) is 10.8. The lowest BCUT2D eigenvalue weighted by atomic mass is 9.74. The Morgan fingerprint density at radius 1 is 1.14 bits per heavy atom. The summed E-state index contributed by atoms with van der Waals surface area (Å²) in [6.07, 6.45) is 11.2. The van der Waals surface area contributed by atoms with Crippen LogP contribution in [-0.4, -0.2) is 39.7 Å². The molecule has 2 saturated carbocycles. The van der Waals surface area contributed by atoms with E-state index in [0.717, 1.165) is 48.2 Å². The Bertz CT molecular complexity index is 1260. The molecule has 1 aliphatic heterocycles. The van der Waals surface area contributed by atoms with Gasteiger partial charge in [-0.25, -0.2) is 4.39 Å². The summed E-state index contributed by atoms with van der Waals surface area (Å²) in [5.41, 5.74) is 8.86. The molecule has 43 heavy (non-hydrogen) atoms. The highest BCUT2D eigenvalue weighted by Crippen LogP contribution is 2.41. The lowest BCUT2D eigenvalue weighted by Crippen LogP contribution is -2.45. The van der Waals surface area contributed by atoms with E-state index in [4.69, 9.17) is 15.0 Å². The van der Waals surface area contributed by atoms with Crippen LogP contribution in [0.2, 0.25) is 0 Å². The van der Waals surface area contributed by atoms with Crippen LogP contribution >= 0.6 is 0 Å². The number of ketones is 1. The zero-order valence-corrected chi connectivity index (χ0v) is 27.8. The molecule has 0 bridgehead atoms. The lowest BCUT2D eigenvalue weighted by Gasteiger charge is -2.38. The number of nitrogens with two attached hydrogens (primary N) is 1. The van der Waals surface area contributed by atoms with Gasteiger partial charge in [-0.3, -0.25) is 9.59 Å². The number of halogens is 1. The first-order valence-electron chi connectivity index (χ1n) is 15.7. The number of carbonyl (C=O) groups is 2. The molecule has 1 saturated heterocycles. The van der Waals surface area contributed by atoms with E-state index in [-0.39, 0.29) is 29.5 Å². The maximum Gasteiger partial charge on any atom is 0.221 e. The molecule has 1 amide bonds. The molecule has 238 valence electrons. The molecule has 5 rings (SSSR count). The molecule has 2 unspecified atom stereocenters. The summed E-state index contributed by atoms with van der Waals surface area (Å²) in [7, 11) is -0.784. The Balaban J connectivity index is 0.000000231. The maximum absolute atomic E-state index is 14.3. The van der Waals surface area contributed by atoms with E-state index in [1.807, 2.05) is 52.0 Å². The third-order valence-electron chi connectivity index (χ3n) is 8.66. The summed E-state index contributed by atoms with van der Waals surface area (Å²) in [6.45, 7) is 8.64. The maximum atomic E-state index is 14.3. The number of carbonyl (C=O) groups excluding carboxylic acids is 2. The Hall–Kier alpha value is -2.20. The van der Waals surface area contributed by atoms with E-state index in [1.54, 1.807) is 6.07 Å². The molecule has 3 fully saturated rings. The molecule has 4 N–H and O–H groups in total. The van der Waals surface area contributed by atoms with Crippen LogP contribution < -0.4 is 15.8 Å². The smallest absolute Gasteiger partial charge is 0.221 e. The summed E-state index contributed by atoms with van der Waals surface area (Å²) >= 11 is 4.49. The molecule has 0 radical (unpaired) electrons. The molecule has 6 nitrogen and oxygen atoms in total. The van der Waals surface area contributed by atoms with E-state index < -0.39 is 9.74 Å². The third-order valence-corrected chi connectivity index (χ3v) is 10.6. The van der Waals surface area contributed by atoms with Crippen LogP contribution in [0.25, 0.3) is 11.1 Å². The predicted molar refractivity (Wildman–Crippen MR) is 177 cm³/mol. The van der Waals surface area contributed by atoms with Crippen molar-refractivity contribution < 1.29 is 23.3 Å². The van der Waals surface area contributed by atoms with Gasteiger partial charge in [0.2, 0.25) is 5.91 Å². The van der Waals surface area contributed by atoms with Crippen LogP contribution in [0.5, 0.6) is 5.75 Å². The van der Waals surface area contributed by atoms with Gasteiger partial charge in [0.1, 0.15) is 17.3 Å². The number of hydrogen-bond donors (Lipinski definition) is 3. The van der Waals surface area contributed by atoms with Crippen molar-refractivity contribution in [3.63, 3.8) is 0 Å². The number of ether oxygens (including phenoxy) is 1. The van der Waals surface area contributed by atoms with Gasteiger partial charge in [0.05, 0.1) is 12.5 Å². The number of nitrogens with one attached hydrogen (secondary N) is 1. The standard InChI is InChI=1S/C21H24FNO2.C10H17NO.C3H8OS2/c1-2-16-17(8-5-9-19(16)22)18-12-14(13-21(23)24)10-11-20(18)25-15-6-3-4-7-15;1-2-9(12)8-6-10(11-7-8)4-3-5-10;1-3(2)6(4)5/h5,8-12,15H,2-4,6-7,13H2,1H3,(H2,23,24);8,11H,2-7H2,1H3;3H,1-2H3,(H,4,5). The van der Waals surface area contributed by atoms with Crippen molar-refractivity contribution in [2.45, 2.75) is 115 Å². The van der Waals surface area contributed by atoms with Gasteiger partial charge in [-0.2, -0.15) is 0 Å². The Kier molecular flexibility index (Phi) is 13.7. The number of hydrogen-bond acceptors (Lipinski definition) is 5. The molecule has 2 aromatic rings. The van der Waals surface area contributed by atoms with Crippen LogP contribution in [0.4, 0.5) is 4.39 Å². The second-order valence-corrected chi connectivity index (χ2v) is 14.7. The molecule has 2 atom stereocenters. The Labute approximate surface area is 264 Å². The summed E-state index contributed by atoms with van der Waals surface area (Å²) in [4.78, 5) is 22.7. The van der Waals surface area contributed by atoms with Gasteiger partial charge < -0.3 is 20.3 Å².